The highest BCUT2D eigenvalue weighted by Gasteiger charge is 2.30. The summed E-state index contributed by atoms with van der Waals surface area (Å²) in [4.78, 5) is 22.9. The Labute approximate surface area is 80.5 Å². The maximum atomic E-state index is 11.5. The summed E-state index contributed by atoms with van der Waals surface area (Å²) in [6.45, 7) is 0. The highest BCUT2D eigenvalue weighted by molar-refractivity contribution is 6.38. The fourth-order valence-electron chi connectivity index (χ4n) is 1.48. The Morgan fingerprint density at radius 2 is 1.77 bits per heavy atom. The van der Waals surface area contributed by atoms with Gasteiger partial charge in [-0.05, 0) is 0 Å². The smallest absolute Gasteiger partial charge is 0.181 e. The van der Waals surface area contributed by atoms with Crippen molar-refractivity contribution in [2.24, 2.45) is 0 Å². The van der Waals surface area contributed by atoms with Crippen molar-refractivity contribution in [3.05, 3.63) is 35.4 Å². The van der Waals surface area contributed by atoms with Crippen LogP contribution in [0.5, 0.6) is 0 Å². The van der Waals surface area contributed by atoms with E-state index < -0.39 is 5.38 Å². The molecule has 1 aromatic rings. The van der Waals surface area contributed by atoms with Crippen LogP contribution in [-0.4, -0.2) is 16.9 Å². The Morgan fingerprint density at radius 1 is 1.15 bits per heavy atom. The molecule has 0 aliphatic heterocycles. The number of hydrogen-bond acceptors (Lipinski definition) is 2. The molecule has 0 saturated heterocycles. The van der Waals surface area contributed by atoms with Crippen LogP contribution in [0.1, 0.15) is 27.1 Å². The van der Waals surface area contributed by atoms with Gasteiger partial charge in [-0.3, -0.25) is 9.59 Å². The van der Waals surface area contributed by atoms with Gasteiger partial charge in [0, 0.05) is 17.5 Å². The van der Waals surface area contributed by atoms with Crippen molar-refractivity contribution in [2.45, 2.75) is 11.8 Å². The van der Waals surface area contributed by atoms with E-state index in [9.17, 15) is 9.59 Å². The summed E-state index contributed by atoms with van der Waals surface area (Å²) >= 11 is 5.72. The molecule has 0 radical (unpaired) electrons. The van der Waals surface area contributed by atoms with Gasteiger partial charge in [-0.25, -0.2) is 0 Å². The molecule has 1 aromatic carbocycles. The van der Waals surface area contributed by atoms with Crippen molar-refractivity contribution in [2.75, 3.05) is 0 Å². The molecule has 1 atom stereocenters. The van der Waals surface area contributed by atoms with E-state index >= 15 is 0 Å². The fourth-order valence-corrected chi connectivity index (χ4v) is 1.73. The highest BCUT2D eigenvalue weighted by Crippen LogP contribution is 2.24. The number of ketones is 2. The van der Waals surface area contributed by atoms with Crippen LogP contribution in [0.15, 0.2) is 24.3 Å². The number of halogens is 1. The summed E-state index contributed by atoms with van der Waals surface area (Å²) in [6, 6.07) is 6.79. The lowest BCUT2D eigenvalue weighted by molar-refractivity contribution is 0.0895. The first-order valence-electron chi connectivity index (χ1n) is 4.00. The Bertz CT molecular complexity index is 384. The van der Waals surface area contributed by atoms with Gasteiger partial charge in [-0.1, -0.05) is 24.3 Å². The molecule has 1 aliphatic rings. The molecule has 0 heterocycles. The molecule has 1 unspecified atom stereocenters. The number of fused-ring (bicyclic) bond motifs is 1. The third-order valence-corrected chi connectivity index (χ3v) is 2.49. The topological polar surface area (TPSA) is 34.1 Å². The quantitative estimate of drug-likeness (QED) is 0.593. The minimum atomic E-state index is -0.678. The molecule has 0 spiro atoms. The van der Waals surface area contributed by atoms with Crippen molar-refractivity contribution >= 4 is 23.2 Å². The van der Waals surface area contributed by atoms with Gasteiger partial charge in [-0.15, -0.1) is 11.6 Å². The number of hydrogen-bond donors (Lipinski definition) is 0. The minimum absolute atomic E-state index is 0.0461. The lowest BCUT2D eigenvalue weighted by Gasteiger charge is -2.16. The van der Waals surface area contributed by atoms with Gasteiger partial charge in [0.05, 0.1) is 0 Å². The van der Waals surface area contributed by atoms with Crippen LogP contribution in [0.2, 0.25) is 0 Å². The predicted octanol–water partition coefficient (Wildman–Crippen LogP) is 2.06. The molecule has 0 N–H and O–H groups in total. The molecule has 0 amide bonds. The number of benzene rings is 1. The second kappa shape index (κ2) is 2.96. The average Bonchev–Trinajstić information content (AvgIpc) is 2.15. The molecule has 0 saturated carbocycles. The van der Waals surface area contributed by atoms with Gasteiger partial charge in [0.1, 0.15) is 5.38 Å². The molecule has 66 valence electrons. The summed E-state index contributed by atoms with van der Waals surface area (Å²) in [7, 11) is 0. The average molecular weight is 195 g/mol. The molecule has 13 heavy (non-hydrogen) atoms. The largest absolute Gasteiger partial charge is 0.294 e. The lowest BCUT2D eigenvalue weighted by atomic mass is 9.89. The van der Waals surface area contributed by atoms with Gasteiger partial charge in [0.25, 0.3) is 0 Å². The first-order chi connectivity index (χ1) is 6.20. The van der Waals surface area contributed by atoms with Crippen molar-refractivity contribution in [1.29, 1.82) is 0 Å². The Balaban J connectivity index is 2.60. The van der Waals surface area contributed by atoms with Crippen LogP contribution < -0.4 is 0 Å². The van der Waals surface area contributed by atoms with Crippen molar-refractivity contribution < 1.29 is 9.59 Å². The SMILES string of the molecule is O=C1CC(Cl)C(=O)c2ccccc21. The first kappa shape index (κ1) is 8.45. The van der Waals surface area contributed by atoms with Gasteiger partial charge in [0.2, 0.25) is 0 Å². The molecule has 0 aromatic heterocycles. The van der Waals surface area contributed by atoms with Crippen molar-refractivity contribution in [3.8, 4) is 0 Å². The van der Waals surface area contributed by atoms with Crippen LogP contribution in [0.25, 0.3) is 0 Å². The zero-order valence-electron chi connectivity index (χ0n) is 6.79. The Hall–Kier alpha value is -1.15. The third kappa shape index (κ3) is 1.27. The van der Waals surface area contributed by atoms with E-state index in [2.05, 4.69) is 0 Å². The Kier molecular flexibility index (Phi) is 1.93. The molecular formula is C10H7ClO2. The molecule has 3 heteroatoms. The van der Waals surface area contributed by atoms with Gasteiger partial charge < -0.3 is 0 Å². The fraction of sp³-hybridized carbons (Fsp3) is 0.200. The zero-order valence-corrected chi connectivity index (χ0v) is 7.54. The standard InChI is InChI=1S/C10H7ClO2/c11-8-5-9(12)6-3-1-2-4-7(6)10(8)13/h1-4,8H,5H2. The molecular weight excluding hydrogens is 188 g/mol. The van der Waals surface area contributed by atoms with Gasteiger partial charge in [0.15, 0.2) is 11.6 Å². The van der Waals surface area contributed by atoms with Crippen LogP contribution in [0.4, 0.5) is 0 Å². The van der Waals surface area contributed by atoms with Crippen molar-refractivity contribution in [1.82, 2.24) is 0 Å². The van der Waals surface area contributed by atoms with E-state index in [1.807, 2.05) is 0 Å². The van der Waals surface area contributed by atoms with E-state index in [0.717, 1.165) is 0 Å². The number of carbonyl (C=O) groups is 2. The van der Waals surface area contributed by atoms with Crippen LogP contribution in [0.3, 0.4) is 0 Å². The van der Waals surface area contributed by atoms with E-state index in [-0.39, 0.29) is 18.0 Å². The van der Waals surface area contributed by atoms with Gasteiger partial charge in [-0.2, -0.15) is 0 Å². The zero-order chi connectivity index (χ0) is 9.42. The van der Waals surface area contributed by atoms with Crippen LogP contribution in [-0.2, 0) is 0 Å². The summed E-state index contributed by atoms with van der Waals surface area (Å²) in [5, 5.41) is -0.678. The number of rotatable bonds is 0. The first-order valence-corrected chi connectivity index (χ1v) is 4.44. The second-order valence-electron chi connectivity index (χ2n) is 3.00. The monoisotopic (exact) mass is 194 g/mol. The molecule has 2 rings (SSSR count). The van der Waals surface area contributed by atoms with Crippen LogP contribution >= 0.6 is 11.6 Å². The molecule has 0 fully saturated rings. The predicted molar refractivity (Wildman–Crippen MR) is 49.4 cm³/mol. The summed E-state index contributed by atoms with van der Waals surface area (Å²) in [6.07, 6.45) is 0.122. The Morgan fingerprint density at radius 3 is 2.46 bits per heavy atom. The summed E-state index contributed by atoms with van der Waals surface area (Å²) < 4.78 is 0. The van der Waals surface area contributed by atoms with Crippen molar-refractivity contribution in [3.63, 3.8) is 0 Å². The summed E-state index contributed by atoms with van der Waals surface area (Å²) in [5.74, 6) is -0.188. The van der Waals surface area contributed by atoms with E-state index in [0.29, 0.717) is 11.1 Å². The molecule has 2 nitrogen and oxygen atoms in total. The van der Waals surface area contributed by atoms with Gasteiger partial charge >= 0.3 is 0 Å². The third-order valence-electron chi connectivity index (χ3n) is 2.14. The van der Waals surface area contributed by atoms with E-state index in [1.165, 1.54) is 0 Å². The van der Waals surface area contributed by atoms with Crippen LogP contribution in [0, 0.1) is 0 Å². The second-order valence-corrected chi connectivity index (χ2v) is 3.53. The minimum Gasteiger partial charge on any atom is -0.294 e. The number of Topliss-reactive ketones (excluding diaryl/α,β-unsaturated/α-hetero) is 2. The van der Waals surface area contributed by atoms with E-state index in [1.54, 1.807) is 24.3 Å². The number of alkyl halides is 1. The highest BCUT2D eigenvalue weighted by atomic mass is 35.5. The maximum absolute atomic E-state index is 11.5. The molecule has 1 aliphatic carbocycles. The van der Waals surface area contributed by atoms with E-state index in [4.69, 9.17) is 11.6 Å². The summed E-state index contributed by atoms with van der Waals surface area (Å²) in [5.41, 5.74) is 0.961. The normalized spacial score (nSPS) is 21.5. The molecule has 0 bridgehead atoms. The maximum Gasteiger partial charge on any atom is 0.181 e. The lowest BCUT2D eigenvalue weighted by Crippen LogP contribution is -2.27. The number of carbonyl (C=O) groups excluding carboxylic acids is 2.